The monoisotopic (exact) mass is 385 g/mol. The fourth-order valence-corrected chi connectivity index (χ4v) is 5.60. The fourth-order valence-electron chi connectivity index (χ4n) is 5.60. The highest BCUT2D eigenvalue weighted by Gasteiger charge is 2.29. The minimum absolute atomic E-state index is 0.483. The molecule has 0 atom stereocenters. The number of rotatable bonds is 3. The standard InChI is InChI=1S/C30H25/c1-19-17-29-23-10-4-3-9-21(23)18-30(29)22(20(19)2)15-16-28-26-13-7-5-11-24(26)25-12-6-8-14-27(25)28/h3-14,17-18,28H,15-16H2,1-2H3. The van der Waals surface area contributed by atoms with Crippen LogP contribution in [-0.2, 0) is 6.42 Å². The molecule has 0 saturated carbocycles. The molecule has 0 unspecified atom stereocenters. The van der Waals surface area contributed by atoms with Crippen molar-refractivity contribution < 1.29 is 0 Å². The van der Waals surface area contributed by atoms with E-state index in [1.807, 2.05) is 0 Å². The van der Waals surface area contributed by atoms with E-state index in [0.29, 0.717) is 5.92 Å². The summed E-state index contributed by atoms with van der Waals surface area (Å²) in [6.07, 6.45) is 4.66. The van der Waals surface area contributed by atoms with Crippen LogP contribution >= 0.6 is 0 Å². The average Bonchev–Trinajstić information content (AvgIpc) is 3.30. The van der Waals surface area contributed by atoms with E-state index in [4.69, 9.17) is 0 Å². The minimum Gasteiger partial charge on any atom is -0.0619 e. The average molecular weight is 386 g/mol. The molecule has 0 heterocycles. The Bertz CT molecular complexity index is 1250. The van der Waals surface area contributed by atoms with E-state index in [1.54, 1.807) is 0 Å². The smallest absolute Gasteiger partial charge is 0.0214 e. The molecule has 4 aromatic carbocycles. The predicted molar refractivity (Wildman–Crippen MR) is 126 cm³/mol. The van der Waals surface area contributed by atoms with Gasteiger partial charge in [0, 0.05) is 12.3 Å². The zero-order valence-corrected chi connectivity index (χ0v) is 17.6. The van der Waals surface area contributed by atoms with Crippen LogP contribution in [0.15, 0.2) is 78.9 Å². The highest BCUT2D eigenvalue weighted by atomic mass is 14.3. The van der Waals surface area contributed by atoms with E-state index < -0.39 is 0 Å². The minimum atomic E-state index is 0.483. The van der Waals surface area contributed by atoms with Crippen molar-refractivity contribution in [2.45, 2.75) is 32.6 Å². The molecule has 145 valence electrons. The molecule has 0 N–H and O–H groups in total. The first-order chi connectivity index (χ1) is 14.7. The van der Waals surface area contributed by atoms with Crippen molar-refractivity contribution in [2.75, 3.05) is 0 Å². The number of hydrogen-bond donors (Lipinski definition) is 0. The zero-order chi connectivity index (χ0) is 20.2. The van der Waals surface area contributed by atoms with Crippen molar-refractivity contribution in [1.29, 1.82) is 0 Å². The van der Waals surface area contributed by atoms with E-state index >= 15 is 0 Å². The Labute approximate surface area is 179 Å². The van der Waals surface area contributed by atoms with E-state index in [1.165, 1.54) is 61.2 Å². The van der Waals surface area contributed by atoms with Gasteiger partial charge in [0.15, 0.2) is 0 Å². The second-order valence-corrected chi connectivity index (χ2v) is 8.76. The summed E-state index contributed by atoms with van der Waals surface area (Å²) in [5.41, 5.74) is 15.8. The van der Waals surface area contributed by atoms with Crippen molar-refractivity contribution in [1.82, 2.24) is 0 Å². The lowest BCUT2D eigenvalue weighted by atomic mass is 9.85. The number of benzene rings is 4. The molecule has 0 aliphatic heterocycles. The van der Waals surface area contributed by atoms with Gasteiger partial charge < -0.3 is 0 Å². The Balaban J connectivity index is 1.40. The Hall–Kier alpha value is -3.12. The lowest BCUT2D eigenvalue weighted by molar-refractivity contribution is 0.725. The van der Waals surface area contributed by atoms with Crippen molar-refractivity contribution in [3.05, 3.63) is 124 Å². The molecule has 4 aromatic rings. The topological polar surface area (TPSA) is 0 Å². The van der Waals surface area contributed by atoms with Gasteiger partial charge in [-0.25, -0.2) is 0 Å². The van der Waals surface area contributed by atoms with Crippen LogP contribution in [0.1, 0.15) is 51.3 Å². The summed E-state index contributed by atoms with van der Waals surface area (Å²) in [5.74, 6) is 0.483. The van der Waals surface area contributed by atoms with E-state index in [-0.39, 0.29) is 0 Å². The molecule has 0 nitrogen and oxygen atoms in total. The maximum atomic E-state index is 2.41. The van der Waals surface area contributed by atoms with Crippen molar-refractivity contribution in [3.8, 4) is 22.3 Å². The largest absolute Gasteiger partial charge is 0.0619 e. The lowest BCUT2D eigenvalue weighted by Crippen LogP contribution is -2.04. The fraction of sp³-hybridized carbons (Fsp3) is 0.167. The summed E-state index contributed by atoms with van der Waals surface area (Å²) in [6.45, 7) is 4.57. The van der Waals surface area contributed by atoms with Crippen molar-refractivity contribution >= 4 is 0 Å². The first-order valence-corrected chi connectivity index (χ1v) is 11.0. The first kappa shape index (κ1) is 17.7. The molecular weight excluding hydrogens is 360 g/mol. The molecule has 0 aromatic heterocycles. The second kappa shape index (κ2) is 6.71. The van der Waals surface area contributed by atoms with Gasteiger partial charge in [-0.15, -0.1) is 0 Å². The lowest BCUT2D eigenvalue weighted by Gasteiger charge is -2.19. The Morgan fingerprint density at radius 3 is 1.97 bits per heavy atom. The van der Waals surface area contributed by atoms with Gasteiger partial charge in [0.25, 0.3) is 0 Å². The normalized spacial score (nSPS) is 13.7. The first-order valence-electron chi connectivity index (χ1n) is 11.0. The van der Waals surface area contributed by atoms with Gasteiger partial charge in [0.1, 0.15) is 0 Å². The molecule has 1 radical (unpaired) electrons. The van der Waals surface area contributed by atoms with E-state index in [0.717, 1.165) is 12.8 Å². The zero-order valence-electron chi connectivity index (χ0n) is 17.6. The molecule has 0 bridgehead atoms. The van der Waals surface area contributed by atoms with Crippen molar-refractivity contribution in [3.63, 3.8) is 0 Å². The molecule has 2 aliphatic rings. The van der Waals surface area contributed by atoms with Gasteiger partial charge in [-0.1, -0.05) is 78.9 Å². The molecule has 0 fully saturated rings. The van der Waals surface area contributed by atoms with Gasteiger partial charge in [0.2, 0.25) is 0 Å². The maximum Gasteiger partial charge on any atom is 0.0214 e. The van der Waals surface area contributed by atoms with Gasteiger partial charge in [0.05, 0.1) is 0 Å². The third-order valence-corrected chi connectivity index (χ3v) is 7.22. The van der Waals surface area contributed by atoms with Gasteiger partial charge in [-0.05, 0) is 87.9 Å². The highest BCUT2D eigenvalue weighted by Crippen LogP contribution is 2.48. The van der Waals surface area contributed by atoms with Gasteiger partial charge >= 0.3 is 0 Å². The maximum absolute atomic E-state index is 2.41. The van der Waals surface area contributed by atoms with Gasteiger partial charge in [-0.2, -0.15) is 0 Å². The van der Waals surface area contributed by atoms with Gasteiger partial charge in [-0.3, -0.25) is 0 Å². The molecule has 0 spiro atoms. The van der Waals surface area contributed by atoms with Crippen molar-refractivity contribution in [2.24, 2.45) is 0 Å². The number of aryl methyl sites for hydroxylation is 1. The molecule has 2 aliphatic carbocycles. The summed E-state index contributed by atoms with van der Waals surface area (Å²) < 4.78 is 0. The quantitative estimate of drug-likeness (QED) is 0.299. The molecule has 30 heavy (non-hydrogen) atoms. The third-order valence-electron chi connectivity index (χ3n) is 7.22. The summed E-state index contributed by atoms with van der Waals surface area (Å²) in [7, 11) is 0. The van der Waals surface area contributed by atoms with Crippen LogP contribution < -0.4 is 0 Å². The van der Waals surface area contributed by atoms with Crippen LogP contribution in [0, 0.1) is 20.3 Å². The summed E-state index contributed by atoms with van der Waals surface area (Å²) in [4.78, 5) is 0. The Morgan fingerprint density at radius 2 is 1.27 bits per heavy atom. The molecular formula is C30H25. The van der Waals surface area contributed by atoms with Crippen LogP contribution in [0.2, 0.25) is 0 Å². The molecule has 6 rings (SSSR count). The van der Waals surface area contributed by atoms with E-state index in [9.17, 15) is 0 Å². The summed E-state index contributed by atoms with van der Waals surface area (Å²) in [6, 6.07) is 29.1. The summed E-state index contributed by atoms with van der Waals surface area (Å²) >= 11 is 0. The SMILES string of the molecule is Cc1cc2c(c(CCC3c4ccccc4-c4ccccc43)c1C)[CH]c1ccccc1-2. The number of hydrogen-bond acceptors (Lipinski definition) is 0. The highest BCUT2D eigenvalue weighted by molar-refractivity contribution is 5.84. The van der Waals surface area contributed by atoms with E-state index in [2.05, 4.69) is 99.1 Å². The van der Waals surface area contributed by atoms with Crippen LogP contribution in [0.5, 0.6) is 0 Å². The summed E-state index contributed by atoms with van der Waals surface area (Å²) in [5, 5.41) is 0. The van der Waals surface area contributed by atoms with Crippen LogP contribution in [0.4, 0.5) is 0 Å². The van der Waals surface area contributed by atoms with Crippen LogP contribution in [0.3, 0.4) is 0 Å². The number of fused-ring (bicyclic) bond motifs is 6. The van der Waals surface area contributed by atoms with Crippen LogP contribution in [0.25, 0.3) is 22.3 Å². The second-order valence-electron chi connectivity index (χ2n) is 8.76. The molecule has 0 heteroatoms. The van der Waals surface area contributed by atoms with Crippen LogP contribution in [-0.4, -0.2) is 0 Å². The molecule has 0 saturated heterocycles. The third kappa shape index (κ3) is 2.53. The Morgan fingerprint density at radius 1 is 0.667 bits per heavy atom. The predicted octanol–water partition coefficient (Wildman–Crippen LogP) is 7.63. The molecule has 0 amide bonds. The Kier molecular flexibility index (Phi) is 3.96.